The van der Waals surface area contributed by atoms with Crippen LogP contribution in [-0.2, 0) is 6.54 Å². The Labute approximate surface area is 177 Å². The highest BCUT2D eigenvalue weighted by atomic mass is 19.1. The van der Waals surface area contributed by atoms with Crippen LogP contribution in [0.4, 0.5) is 10.1 Å². The minimum atomic E-state index is -0.322. The van der Waals surface area contributed by atoms with Gasteiger partial charge in [0.15, 0.2) is 0 Å². The van der Waals surface area contributed by atoms with E-state index in [1.54, 1.807) is 29.3 Å². The molecule has 0 bridgehead atoms. The smallest absolute Gasteiger partial charge is 0.251 e. The van der Waals surface area contributed by atoms with Crippen LogP contribution >= 0.6 is 0 Å². The first-order valence-corrected chi connectivity index (χ1v) is 9.91. The molecule has 31 heavy (non-hydrogen) atoms. The molecule has 1 aliphatic heterocycles. The van der Waals surface area contributed by atoms with Gasteiger partial charge in [-0.15, -0.1) is 0 Å². The molecule has 4 aromatic rings. The number of benzene rings is 3. The number of carbonyl (C=O) groups excluding carboxylic acids is 1. The third-order valence-electron chi connectivity index (χ3n) is 5.23. The molecule has 0 aliphatic carbocycles. The fourth-order valence-corrected chi connectivity index (χ4v) is 3.61. The molecule has 1 aromatic heterocycles. The molecule has 2 N–H and O–H groups in total. The Morgan fingerprint density at radius 3 is 2.77 bits per heavy atom. The molecule has 154 valence electrons. The highest BCUT2D eigenvalue weighted by molar-refractivity contribution is 5.94. The van der Waals surface area contributed by atoms with Crippen LogP contribution in [0.1, 0.15) is 27.7 Å². The Bertz CT molecular complexity index is 1270. The summed E-state index contributed by atoms with van der Waals surface area (Å²) >= 11 is 0. The number of rotatable bonds is 5. The van der Waals surface area contributed by atoms with Crippen LogP contribution in [-0.4, -0.2) is 22.6 Å². The Hall–Kier alpha value is -4.07. The quantitative estimate of drug-likeness (QED) is 0.502. The lowest BCUT2D eigenvalue weighted by Gasteiger charge is -2.14. The van der Waals surface area contributed by atoms with E-state index >= 15 is 0 Å². The van der Waals surface area contributed by atoms with Gasteiger partial charge in [0.2, 0.25) is 0 Å². The van der Waals surface area contributed by atoms with Crippen LogP contribution in [0.15, 0.2) is 83.1 Å². The summed E-state index contributed by atoms with van der Waals surface area (Å²) < 4.78 is 13.3. The van der Waals surface area contributed by atoms with Crippen molar-refractivity contribution in [3.63, 3.8) is 0 Å². The zero-order valence-electron chi connectivity index (χ0n) is 16.5. The fourth-order valence-electron chi connectivity index (χ4n) is 3.61. The van der Waals surface area contributed by atoms with Gasteiger partial charge in [-0.2, -0.15) is 10.2 Å². The number of halogens is 1. The molecule has 7 nitrogen and oxygen atoms in total. The summed E-state index contributed by atoms with van der Waals surface area (Å²) in [4.78, 5) is 12.4. The summed E-state index contributed by atoms with van der Waals surface area (Å²) in [5, 5.41) is 21.7. The lowest BCUT2D eigenvalue weighted by atomic mass is 10.1. The fraction of sp³-hybridized carbons (Fsp3) is 0.130. The summed E-state index contributed by atoms with van der Waals surface area (Å²) in [5.41, 5.74) is 3.91. The number of hydrogen-bond acceptors (Lipinski definition) is 5. The van der Waals surface area contributed by atoms with E-state index < -0.39 is 0 Å². The maximum atomic E-state index is 13.3. The second kappa shape index (κ2) is 7.98. The lowest BCUT2D eigenvalue weighted by Crippen LogP contribution is -2.23. The maximum Gasteiger partial charge on any atom is 0.251 e. The van der Waals surface area contributed by atoms with Crippen LogP contribution in [0.25, 0.3) is 10.9 Å². The predicted octanol–water partition coefficient (Wildman–Crippen LogP) is 4.56. The molecule has 1 atom stereocenters. The van der Waals surface area contributed by atoms with Crippen molar-refractivity contribution in [2.75, 3.05) is 11.6 Å². The average Bonchev–Trinajstić information content (AvgIpc) is 3.45. The van der Waals surface area contributed by atoms with Gasteiger partial charge in [0.05, 0.1) is 23.4 Å². The van der Waals surface area contributed by atoms with Gasteiger partial charge in [-0.1, -0.05) is 35.6 Å². The van der Waals surface area contributed by atoms with E-state index in [1.165, 1.54) is 12.1 Å². The number of nitrogens with zero attached hydrogens (tertiary/aromatic N) is 4. The zero-order chi connectivity index (χ0) is 21.2. The number of carbonyl (C=O) groups is 1. The number of H-pyrrole nitrogens is 1. The van der Waals surface area contributed by atoms with Crippen molar-refractivity contribution in [3.05, 3.63) is 95.4 Å². The number of para-hydroxylation sites is 1. The Balaban J connectivity index is 1.23. The SMILES string of the molecule is O=C(NCc1cccc(F)c1)c1ccc(N2CC(c3n[nH]c4ccccc34)N=N2)cc1. The van der Waals surface area contributed by atoms with Crippen molar-refractivity contribution in [3.8, 4) is 0 Å². The molecule has 0 saturated heterocycles. The topological polar surface area (TPSA) is 85.7 Å². The number of amides is 1. The van der Waals surface area contributed by atoms with E-state index in [2.05, 4.69) is 25.9 Å². The first kappa shape index (κ1) is 18.9. The summed E-state index contributed by atoms with van der Waals surface area (Å²) in [6.45, 7) is 0.831. The zero-order valence-corrected chi connectivity index (χ0v) is 16.5. The summed E-state index contributed by atoms with van der Waals surface area (Å²) in [5.74, 6) is -0.545. The largest absolute Gasteiger partial charge is 0.348 e. The van der Waals surface area contributed by atoms with Gasteiger partial charge in [0.25, 0.3) is 5.91 Å². The minimum Gasteiger partial charge on any atom is -0.348 e. The van der Waals surface area contributed by atoms with Crippen LogP contribution < -0.4 is 10.3 Å². The average molecular weight is 414 g/mol. The molecule has 8 heteroatoms. The van der Waals surface area contributed by atoms with E-state index in [4.69, 9.17) is 0 Å². The Kier molecular flexibility index (Phi) is 4.87. The molecule has 1 aliphatic rings. The standard InChI is InChI=1S/C23H19FN6O/c24-17-5-3-4-15(12-17)13-25-23(31)16-8-10-18(11-9-16)30-14-21(27-29-30)22-19-6-1-2-7-20(19)26-28-22/h1-12,21H,13-14H2,(H,25,31)(H,26,28). The van der Waals surface area contributed by atoms with Crippen molar-refractivity contribution >= 4 is 22.5 Å². The number of hydrogen-bond donors (Lipinski definition) is 2. The Morgan fingerprint density at radius 1 is 1.10 bits per heavy atom. The van der Waals surface area contributed by atoms with Crippen molar-refractivity contribution in [1.82, 2.24) is 15.5 Å². The van der Waals surface area contributed by atoms with Crippen molar-refractivity contribution < 1.29 is 9.18 Å². The molecule has 0 saturated carbocycles. The van der Waals surface area contributed by atoms with Crippen LogP contribution in [0.2, 0.25) is 0 Å². The van der Waals surface area contributed by atoms with Crippen molar-refractivity contribution in [2.45, 2.75) is 12.6 Å². The van der Waals surface area contributed by atoms with Gasteiger partial charge in [-0.3, -0.25) is 9.89 Å². The molecule has 3 aromatic carbocycles. The molecule has 2 heterocycles. The maximum absolute atomic E-state index is 13.3. The third kappa shape index (κ3) is 3.87. The molecule has 1 unspecified atom stereocenters. The first-order chi connectivity index (χ1) is 15.2. The molecule has 1 amide bonds. The molecule has 0 spiro atoms. The molecular formula is C23H19FN6O. The highest BCUT2D eigenvalue weighted by Gasteiger charge is 2.26. The third-order valence-corrected chi connectivity index (χ3v) is 5.23. The van der Waals surface area contributed by atoms with Gasteiger partial charge in [-0.05, 0) is 48.0 Å². The van der Waals surface area contributed by atoms with Gasteiger partial charge in [-0.25, -0.2) is 9.40 Å². The van der Waals surface area contributed by atoms with Crippen molar-refractivity contribution in [1.29, 1.82) is 0 Å². The normalized spacial score (nSPS) is 15.5. The van der Waals surface area contributed by atoms with Crippen LogP contribution in [0.5, 0.6) is 0 Å². The van der Waals surface area contributed by atoms with Gasteiger partial charge in [0.1, 0.15) is 11.9 Å². The van der Waals surface area contributed by atoms with Crippen LogP contribution in [0.3, 0.4) is 0 Å². The van der Waals surface area contributed by atoms with Crippen LogP contribution in [0, 0.1) is 5.82 Å². The highest BCUT2D eigenvalue weighted by Crippen LogP contribution is 2.31. The number of fused-ring (bicyclic) bond motifs is 1. The van der Waals surface area contributed by atoms with E-state index in [9.17, 15) is 9.18 Å². The molecule has 0 fully saturated rings. The van der Waals surface area contributed by atoms with Gasteiger partial charge >= 0.3 is 0 Å². The van der Waals surface area contributed by atoms with E-state index in [-0.39, 0.29) is 24.3 Å². The number of aromatic nitrogens is 2. The number of anilines is 1. The van der Waals surface area contributed by atoms with E-state index in [0.29, 0.717) is 17.7 Å². The Morgan fingerprint density at radius 2 is 1.94 bits per heavy atom. The lowest BCUT2D eigenvalue weighted by molar-refractivity contribution is 0.0951. The minimum absolute atomic E-state index is 0.162. The van der Waals surface area contributed by atoms with E-state index in [0.717, 1.165) is 22.3 Å². The van der Waals surface area contributed by atoms with Gasteiger partial charge < -0.3 is 5.32 Å². The first-order valence-electron chi connectivity index (χ1n) is 9.91. The monoisotopic (exact) mass is 414 g/mol. The summed E-state index contributed by atoms with van der Waals surface area (Å²) in [6, 6.07) is 21.1. The summed E-state index contributed by atoms with van der Waals surface area (Å²) in [6.07, 6.45) is 0. The van der Waals surface area contributed by atoms with Gasteiger partial charge in [0, 0.05) is 17.5 Å². The second-order valence-electron chi connectivity index (χ2n) is 7.32. The summed E-state index contributed by atoms with van der Waals surface area (Å²) in [7, 11) is 0. The predicted molar refractivity (Wildman–Crippen MR) is 115 cm³/mol. The number of nitrogens with one attached hydrogen (secondary N) is 2. The molecular weight excluding hydrogens is 395 g/mol. The molecule has 0 radical (unpaired) electrons. The van der Waals surface area contributed by atoms with Crippen molar-refractivity contribution in [2.24, 2.45) is 10.3 Å². The van der Waals surface area contributed by atoms with E-state index in [1.807, 2.05) is 36.4 Å². The molecule has 5 rings (SSSR count). The second-order valence-corrected chi connectivity index (χ2v) is 7.32. The number of aromatic amines is 1.